The maximum Gasteiger partial charge on any atom is 0.226 e. The summed E-state index contributed by atoms with van der Waals surface area (Å²) in [5.74, 6) is 8.56. The van der Waals surface area contributed by atoms with Crippen molar-refractivity contribution in [2.45, 2.75) is 37.1 Å². The number of aromatic nitrogens is 5. The first-order valence-corrected chi connectivity index (χ1v) is 9.36. The van der Waals surface area contributed by atoms with E-state index in [4.69, 9.17) is 10.4 Å². The van der Waals surface area contributed by atoms with Gasteiger partial charge in [-0.05, 0) is 18.6 Å². The van der Waals surface area contributed by atoms with Crippen LogP contribution in [0, 0.1) is 0 Å². The largest absolute Gasteiger partial charge is 0.339 e. The van der Waals surface area contributed by atoms with Crippen LogP contribution in [0.4, 0.5) is 0 Å². The predicted molar refractivity (Wildman–Crippen MR) is 95.8 cm³/mol. The van der Waals surface area contributed by atoms with Crippen LogP contribution in [0.15, 0.2) is 38.4 Å². The molecule has 0 saturated carbocycles. The SMILES string of the molecule is CCCCc1nc(CSc2nnc(-c3ccccc3Br)n2N)no1. The third-order valence-corrected chi connectivity index (χ3v) is 4.99. The average Bonchev–Trinajstić information content (AvgIpc) is 3.18. The van der Waals surface area contributed by atoms with Crippen LogP contribution in [0.5, 0.6) is 0 Å². The fraction of sp³-hybridized carbons (Fsp3) is 0.333. The molecule has 3 rings (SSSR count). The number of rotatable bonds is 7. The summed E-state index contributed by atoms with van der Waals surface area (Å²) in [7, 11) is 0. The lowest BCUT2D eigenvalue weighted by molar-refractivity contribution is 0.371. The van der Waals surface area contributed by atoms with Gasteiger partial charge >= 0.3 is 0 Å². The summed E-state index contributed by atoms with van der Waals surface area (Å²) in [6.07, 6.45) is 2.95. The Labute approximate surface area is 152 Å². The molecule has 0 aliphatic heterocycles. The first-order valence-electron chi connectivity index (χ1n) is 7.58. The lowest BCUT2D eigenvalue weighted by atomic mass is 10.2. The van der Waals surface area contributed by atoms with E-state index in [1.807, 2.05) is 24.3 Å². The summed E-state index contributed by atoms with van der Waals surface area (Å²) < 4.78 is 7.61. The number of aryl methyl sites for hydroxylation is 1. The van der Waals surface area contributed by atoms with Crippen LogP contribution < -0.4 is 5.84 Å². The minimum Gasteiger partial charge on any atom is -0.339 e. The Bertz CT molecular complexity index is 818. The monoisotopic (exact) mass is 408 g/mol. The van der Waals surface area contributed by atoms with Gasteiger partial charge in [-0.2, -0.15) is 4.98 Å². The van der Waals surface area contributed by atoms with Crippen LogP contribution >= 0.6 is 27.7 Å². The first-order chi connectivity index (χ1) is 11.7. The predicted octanol–water partition coefficient (Wildman–Crippen LogP) is 3.44. The number of thioether (sulfide) groups is 1. The van der Waals surface area contributed by atoms with Gasteiger partial charge in [0.2, 0.25) is 11.0 Å². The van der Waals surface area contributed by atoms with Gasteiger partial charge in [-0.1, -0.05) is 58.3 Å². The summed E-state index contributed by atoms with van der Waals surface area (Å²) in [5, 5.41) is 12.9. The molecule has 0 aliphatic carbocycles. The molecule has 7 nitrogen and oxygen atoms in total. The fourth-order valence-corrected chi connectivity index (χ4v) is 3.27. The number of halogens is 1. The molecule has 1 aromatic carbocycles. The highest BCUT2D eigenvalue weighted by molar-refractivity contribution is 9.10. The minimum absolute atomic E-state index is 0.529. The van der Waals surface area contributed by atoms with Crippen LogP contribution in [0.2, 0.25) is 0 Å². The lowest BCUT2D eigenvalue weighted by Crippen LogP contribution is -2.11. The first kappa shape index (κ1) is 17.0. The molecule has 0 amide bonds. The zero-order valence-electron chi connectivity index (χ0n) is 13.1. The Morgan fingerprint density at radius 2 is 2.12 bits per heavy atom. The second-order valence-corrected chi connectivity index (χ2v) is 6.95. The molecule has 9 heteroatoms. The van der Waals surface area contributed by atoms with Gasteiger partial charge in [0.15, 0.2) is 11.6 Å². The number of hydrogen-bond donors (Lipinski definition) is 1. The number of nitrogens with zero attached hydrogens (tertiary/aromatic N) is 5. The highest BCUT2D eigenvalue weighted by Gasteiger charge is 2.15. The zero-order valence-corrected chi connectivity index (χ0v) is 15.5. The van der Waals surface area contributed by atoms with E-state index >= 15 is 0 Å². The molecule has 0 unspecified atom stereocenters. The molecule has 0 bridgehead atoms. The smallest absolute Gasteiger partial charge is 0.226 e. The van der Waals surface area contributed by atoms with E-state index in [-0.39, 0.29) is 0 Å². The van der Waals surface area contributed by atoms with Gasteiger partial charge in [-0.3, -0.25) is 0 Å². The van der Waals surface area contributed by atoms with Gasteiger partial charge < -0.3 is 10.4 Å². The molecule has 2 aromatic heterocycles. The number of nitrogen functional groups attached to an aromatic ring is 1. The molecule has 0 fully saturated rings. The minimum atomic E-state index is 0.529. The fourth-order valence-electron chi connectivity index (χ4n) is 2.11. The van der Waals surface area contributed by atoms with E-state index in [0.29, 0.717) is 28.4 Å². The van der Waals surface area contributed by atoms with Crippen LogP contribution in [0.1, 0.15) is 31.5 Å². The molecule has 126 valence electrons. The summed E-state index contributed by atoms with van der Waals surface area (Å²) >= 11 is 4.92. The summed E-state index contributed by atoms with van der Waals surface area (Å²) in [4.78, 5) is 4.37. The van der Waals surface area contributed by atoms with Gasteiger partial charge in [-0.25, -0.2) is 4.68 Å². The molecule has 0 saturated heterocycles. The highest BCUT2D eigenvalue weighted by Crippen LogP contribution is 2.28. The number of nitrogens with two attached hydrogens (primary N) is 1. The van der Waals surface area contributed by atoms with Gasteiger partial charge in [-0.15, -0.1) is 10.2 Å². The summed E-state index contributed by atoms with van der Waals surface area (Å²) in [6, 6.07) is 7.74. The molecule has 2 N–H and O–H groups in total. The Balaban J connectivity index is 1.68. The molecule has 0 aliphatic rings. The standard InChI is InChI=1S/C15H17BrN6OS/c1-2-3-8-13-18-12(21-23-13)9-24-15-20-19-14(22(15)17)10-6-4-5-7-11(10)16/h4-7H,2-3,8-9,17H2,1H3. The van der Waals surface area contributed by atoms with Crippen molar-refractivity contribution in [2.24, 2.45) is 0 Å². The van der Waals surface area contributed by atoms with E-state index in [1.165, 1.54) is 16.4 Å². The van der Waals surface area contributed by atoms with E-state index in [9.17, 15) is 0 Å². The van der Waals surface area contributed by atoms with Crippen molar-refractivity contribution in [3.05, 3.63) is 40.5 Å². The van der Waals surface area contributed by atoms with Gasteiger partial charge in [0, 0.05) is 16.5 Å². The Morgan fingerprint density at radius 1 is 1.29 bits per heavy atom. The van der Waals surface area contributed by atoms with Crippen molar-refractivity contribution >= 4 is 27.7 Å². The van der Waals surface area contributed by atoms with Crippen LogP contribution in [0.25, 0.3) is 11.4 Å². The van der Waals surface area contributed by atoms with Gasteiger partial charge in [0.25, 0.3) is 0 Å². The maximum absolute atomic E-state index is 6.13. The van der Waals surface area contributed by atoms with E-state index in [1.54, 1.807) is 0 Å². The van der Waals surface area contributed by atoms with Gasteiger partial charge in [0.05, 0.1) is 5.75 Å². The molecular weight excluding hydrogens is 392 g/mol. The quantitative estimate of drug-likeness (QED) is 0.472. The Hall–Kier alpha value is -1.87. The summed E-state index contributed by atoms with van der Waals surface area (Å²) in [5.41, 5.74) is 0.890. The normalized spacial score (nSPS) is 11.1. The molecular formula is C15H17BrN6OS. The van der Waals surface area contributed by atoms with Crippen LogP contribution in [-0.2, 0) is 12.2 Å². The molecule has 0 spiro atoms. The lowest BCUT2D eigenvalue weighted by Gasteiger charge is -2.04. The van der Waals surface area contributed by atoms with Crippen molar-refractivity contribution in [2.75, 3.05) is 5.84 Å². The zero-order chi connectivity index (χ0) is 16.9. The molecule has 0 atom stereocenters. The maximum atomic E-state index is 6.13. The van der Waals surface area contributed by atoms with Crippen molar-refractivity contribution in [1.29, 1.82) is 0 Å². The molecule has 3 aromatic rings. The Kier molecular flexibility index (Phi) is 5.52. The number of unbranched alkanes of at least 4 members (excludes halogenated alkanes) is 1. The van der Waals surface area contributed by atoms with E-state index in [2.05, 4.69) is 43.2 Å². The van der Waals surface area contributed by atoms with Crippen molar-refractivity contribution in [3.63, 3.8) is 0 Å². The number of benzene rings is 1. The third kappa shape index (κ3) is 3.78. The van der Waals surface area contributed by atoms with Crippen molar-refractivity contribution in [3.8, 4) is 11.4 Å². The third-order valence-electron chi connectivity index (χ3n) is 3.36. The Morgan fingerprint density at radius 3 is 2.92 bits per heavy atom. The average molecular weight is 409 g/mol. The summed E-state index contributed by atoms with van der Waals surface area (Å²) in [6.45, 7) is 2.13. The van der Waals surface area contributed by atoms with Crippen molar-refractivity contribution in [1.82, 2.24) is 25.0 Å². The van der Waals surface area contributed by atoms with Crippen LogP contribution in [0.3, 0.4) is 0 Å². The van der Waals surface area contributed by atoms with Crippen molar-refractivity contribution < 1.29 is 4.52 Å². The van der Waals surface area contributed by atoms with E-state index in [0.717, 1.165) is 29.3 Å². The second kappa shape index (κ2) is 7.80. The topological polar surface area (TPSA) is 95.7 Å². The molecule has 0 radical (unpaired) electrons. The molecule has 24 heavy (non-hydrogen) atoms. The number of hydrogen-bond acceptors (Lipinski definition) is 7. The van der Waals surface area contributed by atoms with Crippen LogP contribution in [-0.4, -0.2) is 25.0 Å². The second-order valence-electron chi connectivity index (χ2n) is 5.15. The molecule has 2 heterocycles. The highest BCUT2D eigenvalue weighted by atomic mass is 79.9. The van der Waals surface area contributed by atoms with E-state index < -0.39 is 0 Å². The van der Waals surface area contributed by atoms with Gasteiger partial charge in [0.1, 0.15) is 0 Å².